The normalized spacial score (nSPS) is 17.5. The zero-order valence-corrected chi connectivity index (χ0v) is 17.5. The number of hydrogen-bond donors (Lipinski definition) is 1. The minimum absolute atomic E-state index is 0.127. The highest BCUT2D eigenvalue weighted by molar-refractivity contribution is 5.89. The van der Waals surface area contributed by atoms with Crippen LogP contribution in [0.15, 0.2) is 71.3 Å². The van der Waals surface area contributed by atoms with Gasteiger partial charge in [-0.05, 0) is 41.7 Å². The molecule has 1 aliphatic rings. The Balaban J connectivity index is 1.32. The average Bonchev–Trinajstić information content (AvgIpc) is 3.29. The Morgan fingerprint density at radius 3 is 3.03 bits per heavy atom. The maximum absolute atomic E-state index is 12.4. The summed E-state index contributed by atoms with van der Waals surface area (Å²) in [4.78, 5) is 18.4. The molecule has 1 atom stereocenters. The van der Waals surface area contributed by atoms with Crippen molar-refractivity contribution in [2.45, 2.75) is 19.8 Å². The van der Waals surface area contributed by atoms with Crippen molar-refractivity contribution in [3.8, 4) is 5.75 Å². The third-order valence-electron chi connectivity index (χ3n) is 5.36. The molecule has 0 spiro atoms. The van der Waals surface area contributed by atoms with E-state index >= 15 is 0 Å². The zero-order valence-electron chi connectivity index (χ0n) is 17.5. The van der Waals surface area contributed by atoms with Gasteiger partial charge in [-0.1, -0.05) is 41.9 Å². The number of ether oxygens (including phenoxy) is 1. The number of carbonyl (C=O) groups excluding carboxylic acids is 1. The molecule has 1 saturated heterocycles. The van der Waals surface area contributed by atoms with Crippen LogP contribution in [0.25, 0.3) is 6.08 Å². The van der Waals surface area contributed by atoms with Gasteiger partial charge in [0.1, 0.15) is 17.7 Å². The number of rotatable bonds is 6. The van der Waals surface area contributed by atoms with Crippen molar-refractivity contribution in [3.05, 3.63) is 78.0 Å². The number of nitrogens with zero attached hydrogens (tertiary/aromatic N) is 3. The van der Waals surface area contributed by atoms with Crippen molar-refractivity contribution in [2.75, 3.05) is 25.0 Å². The van der Waals surface area contributed by atoms with Gasteiger partial charge in [0.2, 0.25) is 0 Å². The van der Waals surface area contributed by atoms with Crippen molar-refractivity contribution < 1.29 is 14.1 Å². The quantitative estimate of drug-likeness (QED) is 0.630. The number of aromatic nitrogens is 2. The number of anilines is 1. The van der Waals surface area contributed by atoms with Crippen molar-refractivity contribution >= 4 is 17.8 Å². The lowest BCUT2D eigenvalue weighted by Gasteiger charge is -2.33. The van der Waals surface area contributed by atoms with Crippen LogP contribution >= 0.6 is 0 Å². The van der Waals surface area contributed by atoms with Crippen LogP contribution in [0.4, 0.5) is 10.5 Å². The second kappa shape index (κ2) is 9.93. The minimum atomic E-state index is -0.127. The number of piperidine rings is 1. The molecule has 160 valence electrons. The Kier molecular flexibility index (Phi) is 6.62. The van der Waals surface area contributed by atoms with Crippen molar-refractivity contribution in [1.82, 2.24) is 15.0 Å². The highest BCUT2D eigenvalue weighted by atomic mass is 16.5. The monoisotopic (exact) mass is 418 g/mol. The highest BCUT2D eigenvalue weighted by Gasteiger charge is 2.24. The highest BCUT2D eigenvalue weighted by Crippen LogP contribution is 2.26. The van der Waals surface area contributed by atoms with Gasteiger partial charge in [-0.25, -0.2) is 4.79 Å². The van der Waals surface area contributed by atoms with Crippen LogP contribution in [0.1, 0.15) is 24.5 Å². The molecule has 1 aliphatic heterocycles. The predicted molar refractivity (Wildman–Crippen MR) is 119 cm³/mol. The van der Waals surface area contributed by atoms with Crippen LogP contribution < -0.4 is 10.1 Å². The summed E-state index contributed by atoms with van der Waals surface area (Å²) in [5, 5.41) is 6.41. The maximum atomic E-state index is 12.4. The third kappa shape index (κ3) is 5.72. The second-order valence-corrected chi connectivity index (χ2v) is 7.69. The summed E-state index contributed by atoms with van der Waals surface area (Å²) in [6, 6.07) is 12.0. The summed E-state index contributed by atoms with van der Waals surface area (Å²) in [7, 11) is 0. The Hall–Kier alpha value is -3.61. The predicted octanol–water partition coefficient (Wildman–Crippen LogP) is 4.65. The van der Waals surface area contributed by atoms with Gasteiger partial charge in [0, 0.05) is 31.9 Å². The van der Waals surface area contributed by atoms with Gasteiger partial charge in [-0.15, -0.1) is 0 Å². The molecule has 1 unspecified atom stereocenters. The topological polar surface area (TPSA) is 80.5 Å². The van der Waals surface area contributed by atoms with Crippen LogP contribution in [0, 0.1) is 5.92 Å². The lowest BCUT2D eigenvalue weighted by atomic mass is 9.91. The van der Waals surface area contributed by atoms with Crippen LogP contribution in [-0.2, 0) is 6.42 Å². The Labute approximate surface area is 181 Å². The van der Waals surface area contributed by atoms with Gasteiger partial charge in [0.25, 0.3) is 0 Å². The average molecular weight is 418 g/mol. The van der Waals surface area contributed by atoms with E-state index in [-0.39, 0.29) is 11.9 Å². The first-order valence-corrected chi connectivity index (χ1v) is 10.4. The Bertz CT molecular complexity index is 1020. The number of likely N-dealkylation sites (tertiary alicyclic amines) is 1. The molecule has 2 amide bonds. The Morgan fingerprint density at radius 2 is 2.26 bits per heavy atom. The molecule has 3 heterocycles. The molecule has 3 aromatic rings. The number of benzene rings is 1. The summed E-state index contributed by atoms with van der Waals surface area (Å²) in [5.74, 6) is 1.13. The molecule has 0 radical (unpaired) electrons. The summed E-state index contributed by atoms with van der Waals surface area (Å²) in [5.41, 5.74) is 4.18. The van der Waals surface area contributed by atoms with Gasteiger partial charge >= 0.3 is 6.03 Å². The van der Waals surface area contributed by atoms with Gasteiger partial charge in [0.15, 0.2) is 0 Å². The Morgan fingerprint density at radius 1 is 1.32 bits per heavy atom. The van der Waals surface area contributed by atoms with E-state index in [1.165, 1.54) is 18.0 Å². The molecule has 1 aromatic carbocycles. The van der Waals surface area contributed by atoms with Crippen LogP contribution in [-0.4, -0.2) is 40.8 Å². The van der Waals surface area contributed by atoms with Crippen molar-refractivity contribution in [3.63, 3.8) is 0 Å². The SMILES string of the molecule is CC1CN(C(=O)Nc2cnoc2)CC/C1=C\c1cccc(OCCc2cccnc2)c1. The van der Waals surface area contributed by atoms with E-state index in [0.29, 0.717) is 25.4 Å². The fourth-order valence-electron chi connectivity index (χ4n) is 3.66. The first kappa shape index (κ1) is 20.7. The number of amides is 2. The van der Waals surface area contributed by atoms with E-state index < -0.39 is 0 Å². The van der Waals surface area contributed by atoms with Gasteiger partial charge < -0.3 is 19.5 Å². The second-order valence-electron chi connectivity index (χ2n) is 7.69. The summed E-state index contributed by atoms with van der Waals surface area (Å²) < 4.78 is 10.7. The van der Waals surface area contributed by atoms with Crippen LogP contribution in [0.2, 0.25) is 0 Å². The number of urea groups is 1. The van der Waals surface area contributed by atoms with Crippen LogP contribution in [0.3, 0.4) is 0 Å². The third-order valence-corrected chi connectivity index (χ3v) is 5.36. The first-order chi connectivity index (χ1) is 15.2. The number of hydrogen-bond acceptors (Lipinski definition) is 5. The number of pyridine rings is 1. The summed E-state index contributed by atoms with van der Waals surface area (Å²) in [6.45, 7) is 4.11. The molecule has 31 heavy (non-hydrogen) atoms. The van der Waals surface area contributed by atoms with E-state index in [9.17, 15) is 4.79 Å². The largest absolute Gasteiger partial charge is 0.493 e. The standard InChI is InChI=1S/C24H26N4O3/c1-18-16-28(24(29)27-22-15-26-31-17-22)10-7-21(18)12-20-4-2-6-23(13-20)30-11-8-19-5-3-9-25-14-19/h2-6,9,12-15,17-18H,7-8,10-11,16H2,1H3,(H,27,29)/b21-12+. The lowest BCUT2D eigenvalue weighted by molar-refractivity contribution is 0.198. The van der Waals surface area contributed by atoms with Gasteiger partial charge in [-0.2, -0.15) is 0 Å². The fraction of sp³-hybridized carbons (Fsp3) is 0.292. The summed E-state index contributed by atoms with van der Waals surface area (Å²) in [6.07, 6.45) is 10.4. The van der Waals surface area contributed by atoms with Gasteiger partial charge in [0.05, 0.1) is 12.8 Å². The smallest absolute Gasteiger partial charge is 0.322 e. The maximum Gasteiger partial charge on any atom is 0.322 e. The lowest BCUT2D eigenvalue weighted by Crippen LogP contribution is -2.42. The molecule has 2 aromatic heterocycles. The first-order valence-electron chi connectivity index (χ1n) is 10.4. The number of carbonyl (C=O) groups is 1. The van der Waals surface area contributed by atoms with E-state index in [1.54, 1.807) is 6.20 Å². The summed E-state index contributed by atoms with van der Waals surface area (Å²) >= 11 is 0. The fourth-order valence-corrected chi connectivity index (χ4v) is 3.66. The molecule has 0 aliphatic carbocycles. The van der Waals surface area contributed by atoms with E-state index in [2.05, 4.69) is 46.7 Å². The molecule has 7 nitrogen and oxygen atoms in total. The van der Waals surface area contributed by atoms with E-state index in [0.717, 1.165) is 29.7 Å². The molecule has 7 heteroatoms. The minimum Gasteiger partial charge on any atom is -0.493 e. The molecular weight excluding hydrogens is 392 g/mol. The van der Waals surface area contributed by atoms with Gasteiger partial charge in [-0.3, -0.25) is 4.98 Å². The molecule has 1 N–H and O–H groups in total. The van der Waals surface area contributed by atoms with Crippen LogP contribution in [0.5, 0.6) is 5.75 Å². The van der Waals surface area contributed by atoms with E-state index in [1.807, 2.05) is 29.3 Å². The molecule has 0 bridgehead atoms. The molecule has 0 saturated carbocycles. The molecule has 4 rings (SSSR count). The molecule has 1 fully saturated rings. The zero-order chi connectivity index (χ0) is 21.5. The molecular formula is C24H26N4O3. The van der Waals surface area contributed by atoms with Crippen molar-refractivity contribution in [1.29, 1.82) is 0 Å². The van der Waals surface area contributed by atoms with Crippen molar-refractivity contribution in [2.24, 2.45) is 5.92 Å². The number of nitrogens with one attached hydrogen (secondary N) is 1. The van der Waals surface area contributed by atoms with E-state index in [4.69, 9.17) is 9.26 Å².